The first-order chi connectivity index (χ1) is 6.63. The molecule has 0 bridgehead atoms. The highest BCUT2D eigenvalue weighted by Crippen LogP contribution is 2.24. The van der Waals surface area contributed by atoms with Gasteiger partial charge < -0.3 is 9.84 Å². The molecule has 78 valence electrons. The fourth-order valence-electron chi connectivity index (χ4n) is 0.823. The Balaban J connectivity index is 2.59. The van der Waals surface area contributed by atoms with Gasteiger partial charge >= 0.3 is 0 Å². The molecule has 1 N–H and O–H groups in total. The van der Waals surface area contributed by atoms with Crippen molar-refractivity contribution in [3.8, 4) is 5.75 Å². The number of hydrogen-bond acceptors (Lipinski definition) is 2. The van der Waals surface area contributed by atoms with Crippen molar-refractivity contribution in [3.63, 3.8) is 0 Å². The van der Waals surface area contributed by atoms with Crippen LogP contribution in [0.1, 0.15) is 0 Å². The van der Waals surface area contributed by atoms with Crippen molar-refractivity contribution in [2.24, 2.45) is 0 Å². The maximum Gasteiger partial charge on any atom is 0.138 e. The molecule has 5 heteroatoms. The Morgan fingerprint density at radius 2 is 2.29 bits per heavy atom. The lowest BCUT2D eigenvalue weighted by molar-refractivity contribution is 0.127. The highest BCUT2D eigenvalue weighted by Gasteiger charge is 2.06. The monoisotopic (exact) mass is 282 g/mol. The third-order valence-corrected chi connectivity index (χ3v) is 2.55. The number of benzene rings is 1. The number of hydrogen-bond donors (Lipinski definition) is 1. The third kappa shape index (κ3) is 3.44. The van der Waals surface area contributed by atoms with Gasteiger partial charge in [0.25, 0.3) is 0 Å². The molecule has 2 nitrogen and oxygen atoms in total. The molecule has 0 spiro atoms. The normalized spacial score (nSPS) is 12.6. The summed E-state index contributed by atoms with van der Waals surface area (Å²) in [5, 5.41) is 9.80. The molecule has 0 aromatic heterocycles. The number of aliphatic hydroxyl groups excluding tert-OH is 1. The van der Waals surface area contributed by atoms with Gasteiger partial charge in [-0.3, -0.25) is 0 Å². The predicted molar refractivity (Wildman–Crippen MR) is 56.7 cm³/mol. The number of halogens is 3. The van der Waals surface area contributed by atoms with Crippen LogP contribution in [-0.2, 0) is 0 Å². The van der Waals surface area contributed by atoms with Gasteiger partial charge in [0.15, 0.2) is 0 Å². The standard InChI is InChI=1S/C9H9BrClFO2/c10-4-7(13)5-14-9-2-1-6(12)3-8(9)11/h1-3,7,13H,4-5H2. The van der Waals surface area contributed by atoms with Crippen molar-refractivity contribution < 1.29 is 14.2 Å². The van der Waals surface area contributed by atoms with E-state index in [-0.39, 0.29) is 11.6 Å². The van der Waals surface area contributed by atoms with E-state index in [4.69, 9.17) is 16.3 Å². The molecular weight excluding hydrogens is 274 g/mol. The summed E-state index contributed by atoms with van der Waals surface area (Å²) in [6, 6.07) is 3.84. The van der Waals surface area contributed by atoms with Crippen molar-refractivity contribution in [1.29, 1.82) is 0 Å². The van der Waals surface area contributed by atoms with Crippen LogP contribution in [0, 0.1) is 5.82 Å². The number of ether oxygens (including phenoxy) is 1. The van der Waals surface area contributed by atoms with Gasteiger partial charge in [-0.2, -0.15) is 0 Å². The molecule has 1 unspecified atom stereocenters. The highest BCUT2D eigenvalue weighted by atomic mass is 79.9. The Morgan fingerprint density at radius 1 is 1.57 bits per heavy atom. The molecule has 0 aliphatic carbocycles. The smallest absolute Gasteiger partial charge is 0.138 e. The van der Waals surface area contributed by atoms with Gasteiger partial charge in [0, 0.05) is 5.33 Å². The lowest BCUT2D eigenvalue weighted by atomic mass is 10.3. The minimum atomic E-state index is -0.601. The van der Waals surface area contributed by atoms with Crippen LogP contribution in [0.25, 0.3) is 0 Å². The number of alkyl halides is 1. The van der Waals surface area contributed by atoms with Crippen LogP contribution >= 0.6 is 27.5 Å². The van der Waals surface area contributed by atoms with Gasteiger partial charge in [-0.25, -0.2) is 4.39 Å². The maximum atomic E-state index is 12.6. The average molecular weight is 284 g/mol. The Morgan fingerprint density at radius 3 is 2.86 bits per heavy atom. The first-order valence-corrected chi connectivity index (χ1v) is 5.45. The van der Waals surface area contributed by atoms with Crippen LogP contribution in [0.5, 0.6) is 5.75 Å². The van der Waals surface area contributed by atoms with Gasteiger partial charge in [-0.1, -0.05) is 27.5 Å². The predicted octanol–water partition coefficient (Wildman–Crippen LogP) is 2.61. The summed E-state index contributed by atoms with van der Waals surface area (Å²) in [7, 11) is 0. The van der Waals surface area contributed by atoms with Crippen molar-refractivity contribution in [1.82, 2.24) is 0 Å². The van der Waals surface area contributed by atoms with E-state index in [9.17, 15) is 9.50 Å². The molecule has 0 heterocycles. The van der Waals surface area contributed by atoms with Crippen molar-refractivity contribution >= 4 is 27.5 Å². The van der Waals surface area contributed by atoms with E-state index in [1.807, 2.05) is 0 Å². The number of rotatable bonds is 4. The summed E-state index contributed by atoms with van der Waals surface area (Å²) in [6.07, 6.45) is -0.601. The highest BCUT2D eigenvalue weighted by molar-refractivity contribution is 9.09. The molecule has 1 atom stereocenters. The molecule has 0 aliphatic heterocycles. The van der Waals surface area contributed by atoms with E-state index in [0.717, 1.165) is 6.07 Å². The van der Waals surface area contributed by atoms with Crippen LogP contribution < -0.4 is 4.74 Å². The van der Waals surface area contributed by atoms with Crippen LogP contribution in [0.3, 0.4) is 0 Å². The van der Waals surface area contributed by atoms with Crippen molar-refractivity contribution in [3.05, 3.63) is 29.0 Å². The molecule has 0 saturated carbocycles. The molecule has 0 saturated heterocycles. The van der Waals surface area contributed by atoms with Crippen LogP contribution in [0.4, 0.5) is 4.39 Å². The zero-order valence-corrected chi connectivity index (χ0v) is 9.55. The lowest BCUT2D eigenvalue weighted by Crippen LogP contribution is -2.18. The van der Waals surface area contributed by atoms with E-state index in [1.54, 1.807) is 0 Å². The molecule has 0 aliphatic rings. The minimum Gasteiger partial charge on any atom is -0.489 e. The SMILES string of the molecule is OC(CBr)COc1ccc(F)cc1Cl. The Hall–Kier alpha value is -0.320. The summed E-state index contributed by atoms with van der Waals surface area (Å²) in [6.45, 7) is 0.122. The lowest BCUT2D eigenvalue weighted by Gasteiger charge is -2.10. The van der Waals surface area contributed by atoms with Gasteiger partial charge in [0.2, 0.25) is 0 Å². The van der Waals surface area contributed by atoms with Gasteiger partial charge in [0.05, 0.1) is 11.1 Å². The van der Waals surface area contributed by atoms with Gasteiger partial charge in [-0.05, 0) is 18.2 Å². The quantitative estimate of drug-likeness (QED) is 0.861. The molecule has 1 aromatic carbocycles. The van der Waals surface area contributed by atoms with Gasteiger partial charge in [-0.15, -0.1) is 0 Å². The van der Waals surface area contributed by atoms with Crippen LogP contribution in [0.2, 0.25) is 5.02 Å². The average Bonchev–Trinajstić information content (AvgIpc) is 2.16. The zero-order chi connectivity index (χ0) is 10.6. The van der Waals surface area contributed by atoms with E-state index >= 15 is 0 Å². The summed E-state index contributed by atoms with van der Waals surface area (Å²) in [4.78, 5) is 0. The fraction of sp³-hybridized carbons (Fsp3) is 0.333. The molecule has 0 radical (unpaired) electrons. The third-order valence-electron chi connectivity index (χ3n) is 1.50. The fourth-order valence-corrected chi connectivity index (χ4v) is 1.23. The topological polar surface area (TPSA) is 29.5 Å². The molecule has 1 rings (SSSR count). The Labute approximate surface area is 94.8 Å². The maximum absolute atomic E-state index is 12.6. The largest absolute Gasteiger partial charge is 0.489 e. The summed E-state index contributed by atoms with van der Waals surface area (Å²) >= 11 is 8.79. The second-order valence-corrected chi connectivity index (χ2v) is 3.75. The molecule has 0 amide bonds. The molecule has 14 heavy (non-hydrogen) atoms. The van der Waals surface area contributed by atoms with Gasteiger partial charge in [0.1, 0.15) is 18.2 Å². The first-order valence-electron chi connectivity index (χ1n) is 3.95. The van der Waals surface area contributed by atoms with E-state index in [2.05, 4.69) is 15.9 Å². The molecule has 1 aromatic rings. The van der Waals surface area contributed by atoms with Crippen LogP contribution in [0.15, 0.2) is 18.2 Å². The van der Waals surface area contributed by atoms with E-state index in [0.29, 0.717) is 11.1 Å². The van der Waals surface area contributed by atoms with E-state index in [1.165, 1.54) is 12.1 Å². The first kappa shape index (κ1) is 11.8. The second-order valence-electron chi connectivity index (χ2n) is 2.69. The second kappa shape index (κ2) is 5.53. The minimum absolute atomic E-state index is 0.122. The zero-order valence-electron chi connectivity index (χ0n) is 7.21. The van der Waals surface area contributed by atoms with E-state index < -0.39 is 11.9 Å². The van der Waals surface area contributed by atoms with Crippen LogP contribution in [-0.4, -0.2) is 23.1 Å². The number of aliphatic hydroxyl groups is 1. The summed E-state index contributed by atoms with van der Waals surface area (Å²) in [5.74, 6) is -0.0449. The Kier molecular flexibility index (Phi) is 4.65. The summed E-state index contributed by atoms with van der Waals surface area (Å²) < 4.78 is 17.8. The van der Waals surface area contributed by atoms with Crippen molar-refractivity contribution in [2.75, 3.05) is 11.9 Å². The molecular formula is C9H9BrClFO2. The summed E-state index contributed by atoms with van der Waals surface area (Å²) in [5.41, 5.74) is 0. The molecule has 0 fully saturated rings. The van der Waals surface area contributed by atoms with Crippen molar-refractivity contribution in [2.45, 2.75) is 6.10 Å². The Bertz CT molecular complexity index is 309.